The molecule has 4 heteroatoms. The molecule has 0 atom stereocenters. The molecule has 0 aromatic heterocycles. The van der Waals surface area contributed by atoms with E-state index in [1.165, 1.54) is 0 Å². The zero-order chi connectivity index (χ0) is 2.71. The van der Waals surface area contributed by atoms with E-state index in [9.17, 15) is 0 Å². The molecule has 0 fully saturated rings. The molecule has 0 saturated carbocycles. The Bertz CT molecular complexity index is 10.8. The molecule has 0 amide bonds. The van der Waals surface area contributed by atoms with Gasteiger partial charge in [-0.25, -0.2) is 0 Å². The van der Waals surface area contributed by atoms with Gasteiger partial charge in [-0.1, -0.05) is 10.2 Å². The van der Waals surface area contributed by atoms with Crippen LogP contribution in [0.3, 0.4) is 0 Å². The number of hydrogen-bond donors (Lipinski definition) is 0. The minimum Gasteiger partial charge on any atom is -0.0772 e. The normalized spacial score (nSPS) is 3.00. The number of rotatable bonds is 0. The monoisotopic (exact) mass is 86.9 g/mol. The maximum atomic E-state index is 7.88. The van der Waals surface area contributed by atoms with Gasteiger partial charge in [0.15, 0.2) is 4.75 Å². The van der Waals surface area contributed by atoms with Crippen LogP contribution in [0.15, 0.2) is 0 Å². The SMILES string of the molecule is O=[O+][O-].[K]. The van der Waals surface area contributed by atoms with Crippen LogP contribution in [-0.4, -0.2) is 51.4 Å². The number of hydrogen-bond acceptors (Lipinski definition) is 2. The average Bonchev–Trinajstić information content (AvgIpc) is 0.918. The summed E-state index contributed by atoms with van der Waals surface area (Å²) >= 11 is 0. The second-order valence-corrected chi connectivity index (χ2v) is 0.0680. The Kier molecular flexibility index (Phi) is 20.0. The third kappa shape index (κ3) is 11.7. The molecule has 3 nitrogen and oxygen atoms in total. The summed E-state index contributed by atoms with van der Waals surface area (Å²) in [7, 11) is 0. The van der Waals surface area contributed by atoms with Gasteiger partial charge in [-0.05, 0) is 0 Å². The first kappa shape index (κ1) is 8.90. The third-order valence-electron chi connectivity index (χ3n) is 0. The molecule has 19 valence electrons. The first-order valence-corrected chi connectivity index (χ1v) is 0.333. The van der Waals surface area contributed by atoms with Gasteiger partial charge < -0.3 is 0 Å². The van der Waals surface area contributed by atoms with E-state index in [4.69, 9.17) is 10.2 Å². The minimum atomic E-state index is 0. The summed E-state index contributed by atoms with van der Waals surface area (Å²) in [6.07, 6.45) is 0. The van der Waals surface area contributed by atoms with Gasteiger partial charge in [0.05, 0.1) is 0 Å². The van der Waals surface area contributed by atoms with Crippen molar-refractivity contribution in [2.75, 3.05) is 0 Å². The molecule has 0 rings (SSSR count). The second kappa shape index (κ2) is 8.97. The summed E-state index contributed by atoms with van der Waals surface area (Å²) < 4.78 is 1.75. The molecule has 0 heterocycles. The molecule has 1 radical (unpaired) electrons. The molecule has 0 aliphatic rings. The zero-order valence-corrected chi connectivity index (χ0v) is 5.35. The second-order valence-electron chi connectivity index (χ2n) is 0.0680. The summed E-state index contributed by atoms with van der Waals surface area (Å²) in [4.78, 5) is 7.88. The molecule has 0 aliphatic heterocycles. The standard InChI is InChI=1S/K.O3/c;1-3-2. The largest absolute Gasteiger partial charge is 0.154 e. The Morgan fingerprint density at radius 2 is 1.75 bits per heavy atom. The molecule has 0 bridgehead atoms. The van der Waals surface area contributed by atoms with Crippen molar-refractivity contribution < 1.29 is 5.26 Å². The molecule has 0 aromatic rings. The van der Waals surface area contributed by atoms with Crippen molar-refractivity contribution >= 4 is 51.4 Å². The fourth-order valence-electron chi connectivity index (χ4n) is 0. The molecule has 0 unspecified atom stereocenters. The predicted molar refractivity (Wildman–Crippen MR) is 12.5 cm³/mol. The Morgan fingerprint density at radius 1 is 1.75 bits per heavy atom. The molecule has 0 saturated heterocycles. The molecule has 0 aromatic carbocycles. The maximum absolute atomic E-state index is 7.88. The van der Waals surface area contributed by atoms with Crippen molar-refractivity contribution in [3.63, 3.8) is 0 Å². The summed E-state index contributed by atoms with van der Waals surface area (Å²) in [5, 5.41) is 7.88. The first-order valence-electron chi connectivity index (χ1n) is 0.333. The summed E-state index contributed by atoms with van der Waals surface area (Å²) in [6, 6.07) is 0. The van der Waals surface area contributed by atoms with Gasteiger partial charge >= 0.3 is 0 Å². The molecule has 4 heavy (non-hydrogen) atoms. The summed E-state index contributed by atoms with van der Waals surface area (Å²) in [6.45, 7) is 0. The fourth-order valence-corrected chi connectivity index (χ4v) is 0. The molecule has 0 aliphatic carbocycles. The van der Waals surface area contributed by atoms with E-state index in [0.717, 1.165) is 0 Å². The van der Waals surface area contributed by atoms with E-state index in [-0.39, 0.29) is 51.4 Å². The van der Waals surface area contributed by atoms with E-state index in [1.54, 1.807) is 4.75 Å². The van der Waals surface area contributed by atoms with Gasteiger partial charge in [-0.2, -0.15) is 0 Å². The minimum absolute atomic E-state index is 0. The van der Waals surface area contributed by atoms with Gasteiger partial charge in [-0.3, -0.25) is 0 Å². The molecule has 0 spiro atoms. The van der Waals surface area contributed by atoms with E-state index in [2.05, 4.69) is 0 Å². The van der Waals surface area contributed by atoms with E-state index in [1.807, 2.05) is 0 Å². The van der Waals surface area contributed by atoms with Crippen LogP contribution >= 0.6 is 0 Å². The van der Waals surface area contributed by atoms with Gasteiger partial charge in [0, 0.05) is 51.4 Å². The van der Waals surface area contributed by atoms with Crippen molar-refractivity contribution in [3.05, 3.63) is 9.71 Å². The molecular formula is KO3. The average molecular weight is 87.1 g/mol. The first-order chi connectivity index (χ1) is 1.41. The van der Waals surface area contributed by atoms with Crippen LogP contribution in [0, 0.1) is 9.71 Å². The fraction of sp³-hybridized carbons (Fsp3) is 0. The van der Waals surface area contributed by atoms with E-state index >= 15 is 0 Å². The Hall–Kier alpha value is 1.04. The van der Waals surface area contributed by atoms with E-state index in [0.29, 0.717) is 0 Å². The van der Waals surface area contributed by atoms with Crippen LogP contribution in [-0.2, 0) is 0 Å². The van der Waals surface area contributed by atoms with Crippen molar-refractivity contribution in [2.24, 2.45) is 0 Å². The van der Waals surface area contributed by atoms with Crippen molar-refractivity contribution in [2.45, 2.75) is 0 Å². The zero-order valence-electron chi connectivity index (χ0n) is 2.22. The molecular weight excluding hydrogens is 87.1 g/mol. The van der Waals surface area contributed by atoms with Gasteiger partial charge in [0.1, 0.15) is 0 Å². The van der Waals surface area contributed by atoms with Crippen LogP contribution in [0.1, 0.15) is 0 Å². The third-order valence-corrected chi connectivity index (χ3v) is 0. The topological polar surface area (TPSA) is 51.4 Å². The Balaban J connectivity index is 0. The van der Waals surface area contributed by atoms with Crippen LogP contribution in [0.2, 0.25) is 0 Å². The van der Waals surface area contributed by atoms with Crippen molar-refractivity contribution in [1.29, 1.82) is 0 Å². The smallest absolute Gasteiger partial charge is 0.0772 e. The summed E-state index contributed by atoms with van der Waals surface area (Å²) in [5.74, 6) is 0. The van der Waals surface area contributed by atoms with Crippen LogP contribution in [0.5, 0.6) is 0 Å². The summed E-state index contributed by atoms with van der Waals surface area (Å²) in [5.41, 5.74) is 0. The van der Waals surface area contributed by atoms with Gasteiger partial charge in [0.25, 0.3) is 0 Å². The van der Waals surface area contributed by atoms with Crippen LogP contribution in [0.25, 0.3) is 0 Å². The molecule has 0 N–H and O–H groups in total. The van der Waals surface area contributed by atoms with Gasteiger partial charge in [0.2, 0.25) is 0 Å². The van der Waals surface area contributed by atoms with Crippen LogP contribution < -0.4 is 5.26 Å². The maximum Gasteiger partial charge on any atom is 0.154 e. The van der Waals surface area contributed by atoms with E-state index < -0.39 is 0 Å². The van der Waals surface area contributed by atoms with Gasteiger partial charge in [-0.15, -0.1) is 0 Å². The Labute approximate surface area is 65.3 Å². The quantitative estimate of drug-likeness (QED) is 0.156. The predicted octanol–water partition coefficient (Wildman–Crippen LogP) is -1.50. The van der Waals surface area contributed by atoms with Crippen molar-refractivity contribution in [1.82, 2.24) is 0 Å². The van der Waals surface area contributed by atoms with Crippen LogP contribution in [0.4, 0.5) is 0 Å². The Morgan fingerprint density at radius 3 is 1.75 bits per heavy atom. The van der Waals surface area contributed by atoms with Crippen molar-refractivity contribution in [3.8, 4) is 0 Å².